The average Bonchev–Trinajstić information content (AvgIpc) is 2.53. The van der Waals surface area contributed by atoms with Crippen molar-refractivity contribution in [3.8, 4) is 6.07 Å². The lowest BCUT2D eigenvalue weighted by Gasteiger charge is -1.95. The van der Waals surface area contributed by atoms with Gasteiger partial charge in [-0.1, -0.05) is 13.8 Å². The van der Waals surface area contributed by atoms with Gasteiger partial charge in [0.05, 0.1) is 5.92 Å². The van der Waals surface area contributed by atoms with Crippen molar-refractivity contribution >= 4 is 5.97 Å². The summed E-state index contributed by atoms with van der Waals surface area (Å²) in [7, 11) is 0. The highest BCUT2D eigenvalue weighted by Gasteiger charge is 2.61. The number of hydrogen-bond acceptors (Lipinski definition) is 2. The third-order valence-corrected chi connectivity index (χ3v) is 2.61. The van der Waals surface area contributed by atoms with E-state index in [4.69, 9.17) is 10.4 Å². The maximum atomic E-state index is 12.5. The summed E-state index contributed by atoms with van der Waals surface area (Å²) in [5.74, 6) is -2.75. The van der Waals surface area contributed by atoms with E-state index in [1.165, 1.54) is 6.07 Å². The van der Waals surface area contributed by atoms with Crippen molar-refractivity contribution in [1.29, 1.82) is 5.26 Å². The van der Waals surface area contributed by atoms with Gasteiger partial charge in [0.15, 0.2) is 5.83 Å². The molecule has 0 radical (unpaired) electrons. The van der Waals surface area contributed by atoms with Gasteiger partial charge in [-0.2, -0.15) is 9.65 Å². The Labute approximate surface area is 75.5 Å². The van der Waals surface area contributed by atoms with Gasteiger partial charge >= 0.3 is 5.97 Å². The van der Waals surface area contributed by atoms with Gasteiger partial charge in [0, 0.05) is 5.92 Å². The van der Waals surface area contributed by atoms with E-state index in [1.807, 2.05) is 0 Å². The zero-order valence-corrected chi connectivity index (χ0v) is 7.41. The highest BCUT2D eigenvalue weighted by atomic mass is 19.1. The molecule has 2 atom stereocenters. The van der Waals surface area contributed by atoms with Crippen LogP contribution in [0.15, 0.2) is 11.9 Å². The molecule has 70 valence electrons. The first kappa shape index (κ1) is 9.72. The number of aliphatic carboxylic acids is 1. The standard InChI is InChI=1S/C9H10FNO2/c1-9(2)6(3-5(10)4-11)7(9)8(12)13/h3,6-7H,1-2H3,(H,12,13)/t6-,7-/m0/s1. The molecule has 0 heterocycles. The van der Waals surface area contributed by atoms with Crippen LogP contribution in [0.1, 0.15) is 13.8 Å². The van der Waals surface area contributed by atoms with Gasteiger partial charge in [-0.25, -0.2) is 0 Å². The van der Waals surface area contributed by atoms with E-state index in [0.717, 1.165) is 6.08 Å². The van der Waals surface area contributed by atoms with Crippen LogP contribution in [-0.2, 0) is 4.79 Å². The Kier molecular flexibility index (Phi) is 2.12. The van der Waals surface area contributed by atoms with Crippen molar-refractivity contribution < 1.29 is 14.3 Å². The molecule has 4 heteroatoms. The molecule has 1 saturated carbocycles. The lowest BCUT2D eigenvalue weighted by molar-refractivity contribution is -0.139. The highest BCUT2D eigenvalue weighted by molar-refractivity contribution is 5.76. The summed E-state index contributed by atoms with van der Waals surface area (Å²) in [6, 6.07) is 1.34. The molecule has 0 aromatic heterocycles. The van der Waals surface area contributed by atoms with Crippen LogP contribution in [0.4, 0.5) is 4.39 Å². The van der Waals surface area contributed by atoms with Crippen molar-refractivity contribution in [1.82, 2.24) is 0 Å². The molecule has 0 unspecified atom stereocenters. The first-order valence-electron chi connectivity index (χ1n) is 3.91. The molecule has 0 bridgehead atoms. The van der Waals surface area contributed by atoms with Crippen molar-refractivity contribution in [2.24, 2.45) is 17.3 Å². The first-order chi connectivity index (χ1) is 5.91. The SMILES string of the molecule is CC1(C)[C@H](C(=O)O)[C@@H]1C=C(F)C#N. The quantitative estimate of drug-likeness (QED) is 0.663. The van der Waals surface area contributed by atoms with Crippen LogP contribution in [-0.4, -0.2) is 11.1 Å². The second kappa shape index (κ2) is 2.84. The fraction of sp³-hybridized carbons (Fsp3) is 0.556. The number of carboxylic acid groups (broad SMARTS) is 1. The summed E-state index contributed by atoms with van der Waals surface area (Å²) in [4.78, 5) is 10.6. The van der Waals surface area contributed by atoms with Gasteiger partial charge in [-0.3, -0.25) is 4.79 Å². The monoisotopic (exact) mass is 183 g/mol. The van der Waals surface area contributed by atoms with Crippen LogP contribution < -0.4 is 0 Å². The molecule has 0 amide bonds. The van der Waals surface area contributed by atoms with Gasteiger partial charge < -0.3 is 5.11 Å². The number of hydrogen-bond donors (Lipinski definition) is 1. The molecule has 1 fully saturated rings. The van der Waals surface area contributed by atoms with Crippen LogP contribution in [0, 0.1) is 28.6 Å². The summed E-state index contributed by atoms with van der Waals surface area (Å²) in [6.07, 6.45) is 1.10. The van der Waals surface area contributed by atoms with Crippen LogP contribution in [0.25, 0.3) is 0 Å². The van der Waals surface area contributed by atoms with E-state index >= 15 is 0 Å². The fourth-order valence-electron chi connectivity index (χ4n) is 1.66. The normalized spacial score (nSPS) is 30.8. The molecule has 1 aliphatic rings. The third kappa shape index (κ3) is 1.55. The molecular weight excluding hydrogens is 173 g/mol. The molecule has 0 spiro atoms. The van der Waals surface area contributed by atoms with Crippen LogP contribution in [0.5, 0.6) is 0 Å². The predicted octanol–water partition coefficient (Wildman–Crippen LogP) is 1.72. The van der Waals surface area contributed by atoms with Gasteiger partial charge in [-0.05, 0) is 11.5 Å². The van der Waals surface area contributed by atoms with Gasteiger partial charge in [0.2, 0.25) is 0 Å². The van der Waals surface area contributed by atoms with E-state index in [9.17, 15) is 9.18 Å². The van der Waals surface area contributed by atoms with E-state index < -0.39 is 23.1 Å². The Balaban J connectivity index is 2.79. The number of halogens is 1. The molecule has 1 aliphatic carbocycles. The van der Waals surface area contributed by atoms with Crippen LogP contribution >= 0.6 is 0 Å². The Morgan fingerprint density at radius 3 is 2.54 bits per heavy atom. The fourth-order valence-corrected chi connectivity index (χ4v) is 1.66. The van der Waals surface area contributed by atoms with E-state index in [-0.39, 0.29) is 5.92 Å². The molecule has 1 rings (SSSR count). The zero-order valence-electron chi connectivity index (χ0n) is 7.41. The highest BCUT2D eigenvalue weighted by Crippen LogP contribution is 2.59. The second-order valence-corrected chi connectivity index (χ2v) is 3.79. The summed E-state index contributed by atoms with van der Waals surface area (Å²) in [5.41, 5.74) is -0.431. The lowest BCUT2D eigenvalue weighted by atomic mass is 10.1. The number of rotatable bonds is 2. The van der Waals surface area contributed by atoms with Crippen molar-refractivity contribution in [3.05, 3.63) is 11.9 Å². The minimum Gasteiger partial charge on any atom is -0.481 e. The lowest BCUT2D eigenvalue weighted by Crippen LogP contribution is -2.02. The summed E-state index contributed by atoms with van der Waals surface area (Å²) in [6.45, 7) is 3.50. The molecular formula is C9H10FNO2. The molecule has 0 saturated heterocycles. The molecule has 13 heavy (non-hydrogen) atoms. The first-order valence-corrected chi connectivity index (χ1v) is 3.91. The molecule has 0 aromatic carbocycles. The maximum Gasteiger partial charge on any atom is 0.307 e. The largest absolute Gasteiger partial charge is 0.481 e. The third-order valence-electron chi connectivity index (χ3n) is 2.61. The second-order valence-electron chi connectivity index (χ2n) is 3.79. The number of nitrogens with zero attached hydrogens (tertiary/aromatic N) is 1. The minimum atomic E-state index is -0.933. The van der Waals surface area contributed by atoms with Gasteiger partial charge in [0.25, 0.3) is 0 Å². The van der Waals surface area contributed by atoms with E-state index in [0.29, 0.717) is 0 Å². The zero-order chi connectivity index (χ0) is 10.2. The van der Waals surface area contributed by atoms with Crippen molar-refractivity contribution in [2.75, 3.05) is 0 Å². The number of carbonyl (C=O) groups is 1. The molecule has 0 aromatic rings. The Bertz CT molecular complexity index is 314. The predicted molar refractivity (Wildman–Crippen MR) is 43.2 cm³/mol. The number of carboxylic acids is 1. The van der Waals surface area contributed by atoms with Gasteiger partial charge in [-0.15, -0.1) is 0 Å². The van der Waals surface area contributed by atoms with Crippen LogP contribution in [0.2, 0.25) is 0 Å². The smallest absolute Gasteiger partial charge is 0.307 e. The summed E-state index contributed by atoms with van der Waals surface area (Å²) < 4.78 is 12.5. The number of nitriles is 1. The minimum absolute atomic E-state index is 0.357. The van der Waals surface area contributed by atoms with Crippen molar-refractivity contribution in [3.63, 3.8) is 0 Å². The van der Waals surface area contributed by atoms with Gasteiger partial charge in [0.1, 0.15) is 6.07 Å². The summed E-state index contributed by atoms with van der Waals surface area (Å²) in [5, 5.41) is 16.9. The van der Waals surface area contributed by atoms with Crippen molar-refractivity contribution in [2.45, 2.75) is 13.8 Å². The maximum absolute atomic E-state index is 12.5. The Morgan fingerprint density at radius 2 is 2.23 bits per heavy atom. The molecule has 1 N–H and O–H groups in total. The van der Waals surface area contributed by atoms with E-state index in [2.05, 4.69) is 0 Å². The van der Waals surface area contributed by atoms with E-state index in [1.54, 1.807) is 13.8 Å². The molecule has 0 aliphatic heterocycles. The average molecular weight is 183 g/mol. The Hall–Kier alpha value is -1.37. The topological polar surface area (TPSA) is 61.1 Å². The van der Waals surface area contributed by atoms with Crippen LogP contribution in [0.3, 0.4) is 0 Å². The number of allylic oxidation sites excluding steroid dienone is 2. The summed E-state index contributed by atoms with van der Waals surface area (Å²) >= 11 is 0. The Morgan fingerprint density at radius 1 is 1.69 bits per heavy atom. The molecule has 3 nitrogen and oxygen atoms in total.